The molecule has 2 aliphatic rings. The number of fused-ring (bicyclic) bond motifs is 1. The van der Waals surface area contributed by atoms with Gasteiger partial charge in [-0.3, -0.25) is 14.5 Å². The van der Waals surface area contributed by atoms with Crippen LogP contribution in [0.3, 0.4) is 0 Å². The van der Waals surface area contributed by atoms with Gasteiger partial charge in [0.25, 0.3) is 5.91 Å². The van der Waals surface area contributed by atoms with Gasteiger partial charge < -0.3 is 19.7 Å². The fourth-order valence-electron chi connectivity index (χ4n) is 4.55. The quantitative estimate of drug-likeness (QED) is 0.701. The summed E-state index contributed by atoms with van der Waals surface area (Å²) in [5.41, 5.74) is 2.38. The number of amides is 2. The van der Waals surface area contributed by atoms with Crippen LogP contribution in [0.25, 0.3) is 0 Å². The second-order valence-electron chi connectivity index (χ2n) is 9.99. The fourth-order valence-corrected chi connectivity index (χ4v) is 4.55. The van der Waals surface area contributed by atoms with Gasteiger partial charge in [0.05, 0.1) is 11.7 Å². The summed E-state index contributed by atoms with van der Waals surface area (Å²) < 4.78 is 12.1. The third kappa shape index (κ3) is 6.41. The van der Waals surface area contributed by atoms with Crippen LogP contribution < -0.4 is 10.1 Å². The van der Waals surface area contributed by atoms with Crippen LogP contribution in [0.15, 0.2) is 48.5 Å². The first-order valence-electron chi connectivity index (χ1n) is 12.5. The van der Waals surface area contributed by atoms with Crippen molar-refractivity contribution in [3.05, 3.63) is 59.7 Å². The predicted octanol–water partition coefficient (Wildman–Crippen LogP) is 4.04. The maximum atomic E-state index is 13.4. The molecule has 1 N–H and O–H groups in total. The average Bonchev–Trinajstić information content (AvgIpc) is 3.71. The highest BCUT2D eigenvalue weighted by molar-refractivity contribution is 5.99. The zero-order valence-corrected chi connectivity index (χ0v) is 21.2. The van der Waals surface area contributed by atoms with Crippen molar-refractivity contribution in [2.45, 2.75) is 45.4 Å². The lowest BCUT2D eigenvalue weighted by atomic mass is 10.0. The fraction of sp³-hybridized carbons (Fsp3) is 0.500. The van der Waals surface area contributed by atoms with Crippen LogP contribution in [0, 0.1) is 11.8 Å². The molecule has 188 valence electrons. The molecule has 35 heavy (non-hydrogen) atoms. The number of methoxy groups -OCH3 is 1. The molecule has 0 aromatic heterocycles. The van der Waals surface area contributed by atoms with E-state index in [1.54, 1.807) is 37.3 Å². The normalized spacial score (nSPS) is 24.1. The third-order valence-corrected chi connectivity index (χ3v) is 7.02. The first kappa shape index (κ1) is 25.2. The summed E-state index contributed by atoms with van der Waals surface area (Å²) >= 11 is 0. The predicted molar refractivity (Wildman–Crippen MR) is 137 cm³/mol. The Balaban J connectivity index is 1.62. The topological polar surface area (TPSA) is 71.1 Å². The summed E-state index contributed by atoms with van der Waals surface area (Å²) in [7, 11) is 3.51. The number of benzene rings is 2. The number of ether oxygens (including phenoxy) is 2. The Bertz CT molecular complexity index is 1020. The van der Waals surface area contributed by atoms with E-state index in [9.17, 15) is 9.59 Å². The summed E-state index contributed by atoms with van der Waals surface area (Å²) in [5.74, 6) is 0.707. The van der Waals surface area contributed by atoms with E-state index in [-0.39, 0.29) is 35.8 Å². The third-order valence-electron chi connectivity index (χ3n) is 7.02. The van der Waals surface area contributed by atoms with Crippen LogP contribution in [-0.2, 0) is 16.1 Å². The Kier molecular flexibility index (Phi) is 8.08. The van der Waals surface area contributed by atoms with Crippen molar-refractivity contribution in [2.24, 2.45) is 11.8 Å². The lowest BCUT2D eigenvalue weighted by Crippen LogP contribution is -2.46. The van der Waals surface area contributed by atoms with Gasteiger partial charge in [0.15, 0.2) is 0 Å². The van der Waals surface area contributed by atoms with E-state index in [2.05, 4.69) is 48.3 Å². The molecule has 2 aromatic rings. The molecule has 0 spiro atoms. The Hall–Kier alpha value is -2.90. The second-order valence-corrected chi connectivity index (χ2v) is 9.99. The van der Waals surface area contributed by atoms with Crippen molar-refractivity contribution in [1.29, 1.82) is 0 Å². The molecule has 0 unspecified atom stereocenters. The minimum atomic E-state index is -0.122. The summed E-state index contributed by atoms with van der Waals surface area (Å²) in [5, 5.41) is 2.97. The lowest BCUT2D eigenvalue weighted by Gasteiger charge is -2.36. The molecular weight excluding hydrogens is 442 g/mol. The molecule has 4 rings (SSSR count). The van der Waals surface area contributed by atoms with E-state index < -0.39 is 0 Å². The molecule has 0 radical (unpaired) electrons. The molecule has 3 atom stereocenters. The molecule has 2 aromatic carbocycles. The van der Waals surface area contributed by atoms with Crippen LogP contribution in [0.4, 0.5) is 5.69 Å². The molecule has 7 nitrogen and oxygen atoms in total. The molecule has 0 bridgehead atoms. The number of carbonyl (C=O) groups excluding carboxylic acids is 2. The summed E-state index contributed by atoms with van der Waals surface area (Å²) in [6.07, 6.45) is 1.77. The number of anilines is 1. The van der Waals surface area contributed by atoms with Crippen LogP contribution in [-0.4, -0.2) is 67.6 Å². The highest BCUT2D eigenvalue weighted by Crippen LogP contribution is 2.32. The minimum absolute atomic E-state index is 0.0286. The molecule has 1 heterocycles. The van der Waals surface area contributed by atoms with E-state index in [0.717, 1.165) is 25.9 Å². The molecular formula is C28H37N3O4. The van der Waals surface area contributed by atoms with Gasteiger partial charge in [0.2, 0.25) is 5.91 Å². The van der Waals surface area contributed by atoms with Crippen LogP contribution in [0.1, 0.15) is 42.6 Å². The zero-order chi connectivity index (χ0) is 24.9. The maximum absolute atomic E-state index is 13.4. The summed E-state index contributed by atoms with van der Waals surface area (Å²) in [6.45, 7) is 6.82. The van der Waals surface area contributed by atoms with Gasteiger partial charge in [-0.1, -0.05) is 37.3 Å². The smallest absolute Gasteiger partial charge is 0.257 e. The van der Waals surface area contributed by atoms with Gasteiger partial charge in [0, 0.05) is 57.5 Å². The number of nitrogens with zero attached hydrogens (tertiary/aromatic N) is 2. The van der Waals surface area contributed by atoms with E-state index in [0.29, 0.717) is 30.2 Å². The van der Waals surface area contributed by atoms with Gasteiger partial charge in [0.1, 0.15) is 12.4 Å². The molecule has 7 heteroatoms. The summed E-state index contributed by atoms with van der Waals surface area (Å²) in [6, 6.07) is 15.8. The number of nitrogens with one attached hydrogen (secondary N) is 1. The number of hydrogen-bond donors (Lipinski definition) is 1. The highest BCUT2D eigenvalue weighted by Gasteiger charge is 2.31. The van der Waals surface area contributed by atoms with Gasteiger partial charge >= 0.3 is 0 Å². The second kappa shape index (κ2) is 11.2. The van der Waals surface area contributed by atoms with Gasteiger partial charge in [-0.05, 0) is 43.4 Å². The molecule has 0 saturated heterocycles. The van der Waals surface area contributed by atoms with Crippen molar-refractivity contribution in [1.82, 2.24) is 9.80 Å². The van der Waals surface area contributed by atoms with Crippen molar-refractivity contribution < 1.29 is 19.1 Å². The monoisotopic (exact) mass is 479 g/mol. The van der Waals surface area contributed by atoms with Crippen LogP contribution >= 0.6 is 0 Å². The molecule has 1 aliphatic carbocycles. The molecule has 1 saturated carbocycles. The highest BCUT2D eigenvalue weighted by atomic mass is 16.5. The van der Waals surface area contributed by atoms with Gasteiger partial charge in [-0.2, -0.15) is 0 Å². The Labute approximate surface area is 208 Å². The van der Waals surface area contributed by atoms with Crippen molar-refractivity contribution in [3.8, 4) is 5.75 Å². The SMILES string of the molecule is CO[C@H]1CN(C)C(=O)c2ccc(NC(=O)C3CC3)cc2OC[C@@H](C)N(Cc2ccccc2)C[C@@H]1C. The van der Waals surface area contributed by atoms with Crippen LogP contribution in [0.2, 0.25) is 0 Å². The number of hydrogen-bond acceptors (Lipinski definition) is 5. The lowest BCUT2D eigenvalue weighted by molar-refractivity contribution is -0.117. The molecule has 1 fully saturated rings. The van der Waals surface area contributed by atoms with Gasteiger partial charge in [-0.25, -0.2) is 0 Å². The first-order valence-corrected chi connectivity index (χ1v) is 12.5. The van der Waals surface area contributed by atoms with E-state index in [4.69, 9.17) is 9.47 Å². The molecule has 1 aliphatic heterocycles. The maximum Gasteiger partial charge on any atom is 0.257 e. The number of carbonyl (C=O) groups is 2. The number of rotatable bonds is 5. The van der Waals surface area contributed by atoms with Crippen molar-refractivity contribution in [2.75, 3.05) is 39.2 Å². The largest absolute Gasteiger partial charge is 0.491 e. The Morgan fingerprint density at radius 2 is 1.86 bits per heavy atom. The van der Waals surface area contributed by atoms with Crippen LogP contribution in [0.5, 0.6) is 5.75 Å². The summed E-state index contributed by atoms with van der Waals surface area (Å²) in [4.78, 5) is 29.7. The Morgan fingerprint density at radius 1 is 1.11 bits per heavy atom. The van der Waals surface area contributed by atoms with E-state index in [1.165, 1.54) is 5.56 Å². The Morgan fingerprint density at radius 3 is 2.54 bits per heavy atom. The van der Waals surface area contributed by atoms with Crippen molar-refractivity contribution >= 4 is 17.5 Å². The average molecular weight is 480 g/mol. The molecule has 2 amide bonds. The minimum Gasteiger partial charge on any atom is -0.491 e. The van der Waals surface area contributed by atoms with E-state index >= 15 is 0 Å². The van der Waals surface area contributed by atoms with E-state index in [1.807, 2.05) is 6.07 Å². The zero-order valence-electron chi connectivity index (χ0n) is 21.2. The van der Waals surface area contributed by atoms with Gasteiger partial charge in [-0.15, -0.1) is 0 Å². The number of likely N-dealkylation sites (N-methyl/N-ethyl adjacent to an activating group) is 1. The standard InChI is InChI=1S/C28H37N3O4/c1-19-15-31(16-21-8-6-5-7-9-21)20(2)18-35-25-14-23(29-27(32)22-10-11-22)12-13-24(25)28(33)30(3)17-26(19)34-4/h5-9,12-14,19-20,22,26H,10-11,15-18H2,1-4H3,(H,29,32)/t19-,20+,26-/m0/s1. The van der Waals surface area contributed by atoms with Crippen molar-refractivity contribution in [3.63, 3.8) is 0 Å². The first-order chi connectivity index (χ1) is 16.9.